The maximum absolute atomic E-state index is 12.1. The molecule has 1 aromatic carbocycles. The Hall–Kier alpha value is -1.82. The quantitative estimate of drug-likeness (QED) is 0.774. The summed E-state index contributed by atoms with van der Waals surface area (Å²) in [4.78, 5) is 14.0. The van der Waals surface area contributed by atoms with Gasteiger partial charge in [0.1, 0.15) is 0 Å². The van der Waals surface area contributed by atoms with Crippen molar-refractivity contribution in [3.05, 3.63) is 35.4 Å². The summed E-state index contributed by atoms with van der Waals surface area (Å²) in [6, 6.07) is 9.37. The molecule has 1 saturated carbocycles. The highest BCUT2D eigenvalue weighted by Crippen LogP contribution is 2.27. The smallest absolute Gasteiger partial charge is 0.254 e. The van der Waals surface area contributed by atoms with Gasteiger partial charge in [-0.05, 0) is 38.0 Å². The zero-order valence-electron chi connectivity index (χ0n) is 9.31. The summed E-state index contributed by atoms with van der Waals surface area (Å²) in [7, 11) is 0. The van der Waals surface area contributed by atoms with Crippen molar-refractivity contribution in [2.45, 2.75) is 25.8 Å². The topological polar surface area (TPSA) is 44.1 Å². The maximum Gasteiger partial charge on any atom is 0.254 e. The largest absolute Gasteiger partial charge is 0.336 e. The Bertz CT molecular complexity index is 443. The van der Waals surface area contributed by atoms with Crippen LogP contribution in [0.4, 0.5) is 0 Å². The molecule has 0 aliphatic heterocycles. The van der Waals surface area contributed by atoms with E-state index >= 15 is 0 Å². The molecule has 0 unspecified atom stereocenters. The molecule has 3 heteroatoms. The summed E-state index contributed by atoms with van der Waals surface area (Å²) >= 11 is 0. The molecule has 3 nitrogen and oxygen atoms in total. The van der Waals surface area contributed by atoms with Crippen LogP contribution in [0.1, 0.15) is 35.7 Å². The van der Waals surface area contributed by atoms with Gasteiger partial charge in [-0.2, -0.15) is 5.26 Å². The molecule has 82 valence electrons. The average Bonchev–Trinajstić information content (AvgIpc) is 3.14. The fraction of sp³-hybridized carbons (Fsp3) is 0.385. The number of amides is 1. The number of hydrogen-bond donors (Lipinski definition) is 0. The minimum absolute atomic E-state index is 0.0436. The molecule has 0 heterocycles. The van der Waals surface area contributed by atoms with Gasteiger partial charge in [-0.25, -0.2) is 0 Å². The van der Waals surface area contributed by atoms with Crippen LogP contribution in [0.15, 0.2) is 24.3 Å². The van der Waals surface area contributed by atoms with Gasteiger partial charge in [0.15, 0.2) is 0 Å². The minimum atomic E-state index is 0.0436. The number of rotatable bonds is 3. The summed E-state index contributed by atoms with van der Waals surface area (Å²) in [5.74, 6) is 0.0436. The third-order valence-electron chi connectivity index (χ3n) is 2.83. The average molecular weight is 214 g/mol. The first kappa shape index (κ1) is 10.7. The van der Waals surface area contributed by atoms with Gasteiger partial charge in [0, 0.05) is 18.2 Å². The van der Waals surface area contributed by atoms with Crippen LogP contribution >= 0.6 is 0 Å². The van der Waals surface area contributed by atoms with Crippen molar-refractivity contribution in [3.63, 3.8) is 0 Å². The molecule has 1 aliphatic rings. The van der Waals surface area contributed by atoms with Crippen molar-refractivity contribution in [1.82, 2.24) is 4.90 Å². The van der Waals surface area contributed by atoms with Crippen molar-refractivity contribution in [2.75, 3.05) is 6.54 Å². The molecule has 0 saturated heterocycles. The van der Waals surface area contributed by atoms with Crippen molar-refractivity contribution >= 4 is 5.91 Å². The van der Waals surface area contributed by atoms with Crippen LogP contribution in [0.3, 0.4) is 0 Å². The van der Waals surface area contributed by atoms with E-state index in [0.29, 0.717) is 17.2 Å². The summed E-state index contributed by atoms with van der Waals surface area (Å²) < 4.78 is 0. The van der Waals surface area contributed by atoms with Crippen LogP contribution in [-0.4, -0.2) is 23.4 Å². The SMILES string of the molecule is CCN(C(=O)c1cccc(C#N)c1)C1CC1. The highest BCUT2D eigenvalue weighted by Gasteiger charge is 2.31. The predicted molar refractivity (Wildman–Crippen MR) is 60.9 cm³/mol. The second-order valence-electron chi connectivity index (χ2n) is 4.01. The normalized spacial score (nSPS) is 14.2. The van der Waals surface area contributed by atoms with Gasteiger partial charge in [0.25, 0.3) is 5.91 Å². The molecule has 2 rings (SSSR count). The third kappa shape index (κ3) is 2.06. The lowest BCUT2D eigenvalue weighted by atomic mass is 10.1. The van der Waals surface area contributed by atoms with Crippen molar-refractivity contribution in [1.29, 1.82) is 5.26 Å². The Kier molecular flexibility index (Phi) is 2.91. The van der Waals surface area contributed by atoms with E-state index < -0.39 is 0 Å². The molecule has 0 spiro atoms. The first-order chi connectivity index (χ1) is 7.76. The molecule has 0 N–H and O–H groups in total. The van der Waals surface area contributed by atoms with E-state index in [1.807, 2.05) is 11.8 Å². The fourth-order valence-corrected chi connectivity index (χ4v) is 1.84. The third-order valence-corrected chi connectivity index (χ3v) is 2.83. The summed E-state index contributed by atoms with van der Waals surface area (Å²) in [5.41, 5.74) is 1.16. The maximum atomic E-state index is 12.1. The zero-order valence-corrected chi connectivity index (χ0v) is 9.31. The lowest BCUT2D eigenvalue weighted by Crippen LogP contribution is -2.32. The van der Waals surface area contributed by atoms with Crippen LogP contribution in [0.2, 0.25) is 0 Å². The highest BCUT2D eigenvalue weighted by molar-refractivity contribution is 5.94. The van der Waals surface area contributed by atoms with E-state index in [1.54, 1.807) is 24.3 Å². The van der Waals surface area contributed by atoms with Crippen LogP contribution in [-0.2, 0) is 0 Å². The fourth-order valence-electron chi connectivity index (χ4n) is 1.84. The Morgan fingerprint density at radius 1 is 1.56 bits per heavy atom. The number of carbonyl (C=O) groups excluding carboxylic acids is 1. The van der Waals surface area contributed by atoms with Gasteiger partial charge in [0.2, 0.25) is 0 Å². The van der Waals surface area contributed by atoms with Crippen molar-refractivity contribution in [3.8, 4) is 6.07 Å². The second kappa shape index (κ2) is 4.36. The van der Waals surface area contributed by atoms with E-state index in [-0.39, 0.29) is 5.91 Å². The second-order valence-corrected chi connectivity index (χ2v) is 4.01. The Labute approximate surface area is 95.3 Å². The number of nitrogens with zero attached hydrogens (tertiary/aromatic N) is 2. The minimum Gasteiger partial charge on any atom is -0.336 e. The van der Waals surface area contributed by atoms with E-state index in [1.165, 1.54) is 0 Å². The number of carbonyl (C=O) groups is 1. The first-order valence-electron chi connectivity index (χ1n) is 5.57. The first-order valence-corrected chi connectivity index (χ1v) is 5.57. The lowest BCUT2D eigenvalue weighted by molar-refractivity contribution is 0.0752. The predicted octanol–water partition coefficient (Wildman–Crippen LogP) is 2.18. The highest BCUT2D eigenvalue weighted by atomic mass is 16.2. The van der Waals surface area contributed by atoms with E-state index in [2.05, 4.69) is 6.07 Å². The zero-order chi connectivity index (χ0) is 11.5. The van der Waals surface area contributed by atoms with Gasteiger partial charge in [-0.3, -0.25) is 4.79 Å². The lowest BCUT2D eigenvalue weighted by Gasteiger charge is -2.20. The molecule has 0 atom stereocenters. The molecule has 0 radical (unpaired) electrons. The molecular formula is C13H14N2O. The summed E-state index contributed by atoms with van der Waals surface area (Å²) in [5, 5.41) is 8.79. The molecule has 0 bridgehead atoms. The van der Waals surface area contributed by atoms with Crippen LogP contribution < -0.4 is 0 Å². The summed E-state index contributed by atoms with van der Waals surface area (Å²) in [6.45, 7) is 2.73. The van der Waals surface area contributed by atoms with E-state index in [4.69, 9.17) is 5.26 Å². The monoisotopic (exact) mass is 214 g/mol. The molecular weight excluding hydrogens is 200 g/mol. The number of nitriles is 1. The van der Waals surface area contributed by atoms with Crippen LogP contribution in [0.25, 0.3) is 0 Å². The van der Waals surface area contributed by atoms with Gasteiger partial charge >= 0.3 is 0 Å². The van der Waals surface area contributed by atoms with Crippen molar-refractivity contribution < 1.29 is 4.79 Å². The number of hydrogen-bond acceptors (Lipinski definition) is 2. The van der Waals surface area contributed by atoms with Gasteiger partial charge in [-0.1, -0.05) is 6.07 Å². The molecule has 16 heavy (non-hydrogen) atoms. The summed E-state index contributed by atoms with van der Waals surface area (Å²) in [6.07, 6.45) is 2.22. The molecule has 1 fully saturated rings. The molecule has 1 aliphatic carbocycles. The van der Waals surface area contributed by atoms with Crippen molar-refractivity contribution in [2.24, 2.45) is 0 Å². The standard InChI is InChI=1S/C13H14N2O/c1-2-15(12-6-7-12)13(16)11-5-3-4-10(8-11)9-14/h3-5,8,12H,2,6-7H2,1H3. The number of benzene rings is 1. The van der Waals surface area contributed by atoms with Crippen LogP contribution in [0, 0.1) is 11.3 Å². The van der Waals surface area contributed by atoms with Gasteiger partial charge < -0.3 is 4.90 Å². The Morgan fingerprint density at radius 3 is 2.88 bits per heavy atom. The Morgan fingerprint density at radius 2 is 2.31 bits per heavy atom. The van der Waals surface area contributed by atoms with Gasteiger partial charge in [0.05, 0.1) is 11.6 Å². The molecule has 1 aromatic rings. The van der Waals surface area contributed by atoms with Crippen LogP contribution in [0.5, 0.6) is 0 Å². The van der Waals surface area contributed by atoms with E-state index in [0.717, 1.165) is 19.4 Å². The van der Waals surface area contributed by atoms with E-state index in [9.17, 15) is 4.79 Å². The molecule has 1 amide bonds. The Balaban J connectivity index is 2.22. The van der Waals surface area contributed by atoms with Gasteiger partial charge in [-0.15, -0.1) is 0 Å². The molecule has 0 aromatic heterocycles.